The average molecular weight is 353 g/mol. The van der Waals surface area contributed by atoms with E-state index < -0.39 is 17.7 Å². The molecule has 0 saturated heterocycles. The molecule has 134 valence electrons. The molecular formula is C17H18F3N3O2. The summed E-state index contributed by atoms with van der Waals surface area (Å²) in [5.74, 6) is -0.486. The zero-order valence-corrected chi connectivity index (χ0v) is 13.9. The molecule has 0 fully saturated rings. The molecule has 1 aliphatic rings. The third kappa shape index (κ3) is 3.39. The van der Waals surface area contributed by atoms with E-state index in [1.54, 1.807) is 6.07 Å². The minimum Gasteiger partial charge on any atom is -0.468 e. The van der Waals surface area contributed by atoms with Gasteiger partial charge in [-0.1, -0.05) is 18.2 Å². The molecule has 2 heterocycles. The summed E-state index contributed by atoms with van der Waals surface area (Å²) in [5.41, 5.74) is 1.10. The third-order valence-electron chi connectivity index (χ3n) is 4.32. The van der Waals surface area contributed by atoms with Gasteiger partial charge in [-0.3, -0.25) is 9.48 Å². The fourth-order valence-corrected chi connectivity index (χ4v) is 3.10. The molecule has 5 nitrogen and oxygen atoms in total. The molecule has 1 aromatic heterocycles. The monoisotopic (exact) mass is 353 g/mol. The molecule has 0 radical (unpaired) electrons. The lowest BCUT2D eigenvalue weighted by Gasteiger charge is -2.23. The number of ether oxygens (including phenoxy) is 1. The standard InChI is InChI=1S/C17H18F3N3O2/c1-22-8-7-14-12(9-22)16(21-23(14)10-15(24)25-2)11-5-3-4-6-13(11)17(18,19)20/h3-6H,7-10H2,1-2H3. The number of hydrogen-bond donors (Lipinski definition) is 0. The average Bonchev–Trinajstić information content (AvgIpc) is 2.91. The summed E-state index contributed by atoms with van der Waals surface area (Å²) in [4.78, 5) is 13.6. The van der Waals surface area contributed by atoms with Crippen LogP contribution < -0.4 is 0 Å². The molecule has 0 amide bonds. The molecule has 8 heteroatoms. The highest BCUT2D eigenvalue weighted by molar-refractivity contribution is 5.71. The van der Waals surface area contributed by atoms with Crippen LogP contribution in [0.5, 0.6) is 0 Å². The lowest BCUT2D eigenvalue weighted by molar-refractivity contribution is -0.141. The van der Waals surface area contributed by atoms with E-state index in [0.29, 0.717) is 13.0 Å². The first-order chi connectivity index (χ1) is 11.8. The van der Waals surface area contributed by atoms with Gasteiger partial charge >= 0.3 is 12.1 Å². The van der Waals surface area contributed by atoms with Crippen LogP contribution in [-0.4, -0.2) is 41.4 Å². The number of aromatic nitrogens is 2. The number of carbonyl (C=O) groups is 1. The molecule has 1 aliphatic heterocycles. The molecule has 0 aliphatic carbocycles. The second-order valence-corrected chi connectivity index (χ2v) is 6.04. The van der Waals surface area contributed by atoms with Crippen molar-refractivity contribution in [1.82, 2.24) is 14.7 Å². The number of methoxy groups -OCH3 is 1. The van der Waals surface area contributed by atoms with Gasteiger partial charge in [0.15, 0.2) is 0 Å². The molecule has 0 atom stereocenters. The summed E-state index contributed by atoms with van der Waals surface area (Å²) < 4.78 is 46.3. The highest BCUT2D eigenvalue weighted by Crippen LogP contribution is 2.39. The van der Waals surface area contributed by atoms with Crippen molar-refractivity contribution in [2.45, 2.75) is 25.7 Å². The van der Waals surface area contributed by atoms with E-state index in [1.807, 2.05) is 11.9 Å². The van der Waals surface area contributed by atoms with Crippen LogP contribution in [0.2, 0.25) is 0 Å². The van der Waals surface area contributed by atoms with E-state index in [1.165, 1.54) is 23.9 Å². The number of alkyl halides is 3. The minimum atomic E-state index is -4.48. The number of fused-ring (bicyclic) bond motifs is 1. The summed E-state index contributed by atoms with van der Waals surface area (Å²) >= 11 is 0. The van der Waals surface area contributed by atoms with Crippen molar-refractivity contribution in [1.29, 1.82) is 0 Å². The molecule has 0 unspecified atom stereocenters. The zero-order chi connectivity index (χ0) is 18.2. The van der Waals surface area contributed by atoms with Gasteiger partial charge in [-0.05, 0) is 13.1 Å². The number of nitrogens with zero attached hydrogens (tertiary/aromatic N) is 3. The lowest BCUT2D eigenvalue weighted by atomic mass is 9.97. The number of carbonyl (C=O) groups excluding carboxylic acids is 1. The van der Waals surface area contributed by atoms with E-state index in [0.717, 1.165) is 23.9 Å². The van der Waals surface area contributed by atoms with Gasteiger partial charge in [-0.15, -0.1) is 0 Å². The first-order valence-electron chi connectivity index (χ1n) is 7.81. The van der Waals surface area contributed by atoms with Gasteiger partial charge in [-0.2, -0.15) is 18.3 Å². The minimum absolute atomic E-state index is 0.0326. The fraction of sp³-hybridized carbons (Fsp3) is 0.412. The molecule has 0 N–H and O–H groups in total. The van der Waals surface area contributed by atoms with E-state index in [4.69, 9.17) is 0 Å². The number of likely N-dealkylation sites (N-methyl/N-ethyl adjacent to an activating group) is 1. The van der Waals surface area contributed by atoms with Crippen molar-refractivity contribution in [3.8, 4) is 11.3 Å². The van der Waals surface area contributed by atoms with Crippen molar-refractivity contribution in [3.63, 3.8) is 0 Å². The maximum atomic E-state index is 13.4. The maximum Gasteiger partial charge on any atom is 0.417 e. The molecule has 2 aromatic rings. The summed E-state index contributed by atoms with van der Waals surface area (Å²) in [5, 5.41) is 4.35. The van der Waals surface area contributed by atoms with Gasteiger partial charge in [-0.25, -0.2) is 0 Å². The number of esters is 1. The van der Waals surface area contributed by atoms with Crippen molar-refractivity contribution >= 4 is 5.97 Å². The molecule has 1 aromatic carbocycles. The van der Waals surface area contributed by atoms with Gasteiger partial charge in [0, 0.05) is 36.3 Å². The Morgan fingerprint density at radius 3 is 2.72 bits per heavy atom. The van der Waals surface area contributed by atoms with Crippen LogP contribution >= 0.6 is 0 Å². The topological polar surface area (TPSA) is 47.4 Å². The third-order valence-corrected chi connectivity index (χ3v) is 4.32. The summed E-state index contributed by atoms with van der Waals surface area (Å²) in [6, 6.07) is 5.38. The van der Waals surface area contributed by atoms with Crippen LogP contribution in [0.1, 0.15) is 16.8 Å². The van der Waals surface area contributed by atoms with Gasteiger partial charge in [0.2, 0.25) is 0 Å². The smallest absolute Gasteiger partial charge is 0.417 e. The molecule has 0 spiro atoms. The van der Waals surface area contributed by atoms with Crippen LogP contribution in [-0.2, 0) is 35.2 Å². The van der Waals surface area contributed by atoms with Crippen LogP contribution in [0.3, 0.4) is 0 Å². The van der Waals surface area contributed by atoms with Crippen molar-refractivity contribution in [2.24, 2.45) is 0 Å². The SMILES string of the molecule is COC(=O)Cn1nc(-c2ccccc2C(F)(F)F)c2c1CCN(C)C2. The Kier molecular flexibility index (Phi) is 4.55. The predicted octanol–water partition coefficient (Wildman–Crippen LogP) is 2.73. The normalized spacial score (nSPS) is 15.1. The summed E-state index contributed by atoms with van der Waals surface area (Å²) in [7, 11) is 3.17. The number of benzene rings is 1. The molecule has 3 rings (SSSR count). The Balaban J connectivity index is 2.16. The first-order valence-corrected chi connectivity index (χ1v) is 7.81. The van der Waals surface area contributed by atoms with Crippen LogP contribution in [0.4, 0.5) is 13.2 Å². The Morgan fingerprint density at radius 2 is 2.04 bits per heavy atom. The first kappa shape index (κ1) is 17.5. The largest absolute Gasteiger partial charge is 0.468 e. The lowest BCUT2D eigenvalue weighted by Crippen LogP contribution is -2.28. The fourth-order valence-electron chi connectivity index (χ4n) is 3.10. The molecule has 25 heavy (non-hydrogen) atoms. The summed E-state index contributed by atoms with van der Waals surface area (Å²) in [6.45, 7) is 1.12. The van der Waals surface area contributed by atoms with E-state index in [2.05, 4.69) is 9.84 Å². The van der Waals surface area contributed by atoms with Gasteiger partial charge in [0.25, 0.3) is 0 Å². The second-order valence-electron chi connectivity index (χ2n) is 6.04. The van der Waals surface area contributed by atoms with Crippen LogP contribution in [0, 0.1) is 0 Å². The van der Waals surface area contributed by atoms with Crippen molar-refractivity contribution in [3.05, 3.63) is 41.1 Å². The van der Waals surface area contributed by atoms with E-state index in [9.17, 15) is 18.0 Å². The number of halogens is 3. The second kappa shape index (κ2) is 6.51. The van der Waals surface area contributed by atoms with Gasteiger partial charge in [0.05, 0.1) is 18.4 Å². The van der Waals surface area contributed by atoms with Crippen LogP contribution in [0.25, 0.3) is 11.3 Å². The van der Waals surface area contributed by atoms with Gasteiger partial charge in [0.1, 0.15) is 6.54 Å². The molecule has 0 bridgehead atoms. The molecule has 0 saturated carbocycles. The Labute approximate surface area is 143 Å². The number of rotatable bonds is 3. The van der Waals surface area contributed by atoms with Gasteiger partial charge < -0.3 is 9.64 Å². The zero-order valence-electron chi connectivity index (χ0n) is 13.9. The van der Waals surface area contributed by atoms with E-state index >= 15 is 0 Å². The van der Waals surface area contributed by atoms with Crippen molar-refractivity contribution in [2.75, 3.05) is 20.7 Å². The quantitative estimate of drug-likeness (QED) is 0.796. The number of hydrogen-bond acceptors (Lipinski definition) is 4. The molecular weight excluding hydrogens is 335 g/mol. The van der Waals surface area contributed by atoms with Crippen LogP contribution in [0.15, 0.2) is 24.3 Å². The summed E-state index contributed by atoms with van der Waals surface area (Å²) in [6.07, 6.45) is -3.86. The highest BCUT2D eigenvalue weighted by atomic mass is 19.4. The highest BCUT2D eigenvalue weighted by Gasteiger charge is 2.35. The maximum absolute atomic E-state index is 13.4. The Morgan fingerprint density at radius 1 is 1.32 bits per heavy atom. The Hall–Kier alpha value is -2.35. The van der Waals surface area contributed by atoms with Crippen molar-refractivity contribution < 1.29 is 22.7 Å². The Bertz CT molecular complexity index is 799. The van der Waals surface area contributed by atoms with E-state index in [-0.39, 0.29) is 17.8 Å². The predicted molar refractivity (Wildman–Crippen MR) is 84.7 cm³/mol.